The molecule has 1 amide bonds. The van der Waals surface area contributed by atoms with Crippen LogP contribution in [0, 0.1) is 0 Å². The van der Waals surface area contributed by atoms with Crippen LogP contribution in [0.25, 0.3) is 0 Å². The van der Waals surface area contributed by atoms with Crippen molar-refractivity contribution in [2.45, 2.75) is 31.4 Å². The summed E-state index contributed by atoms with van der Waals surface area (Å²) in [6, 6.07) is 12.1. The first-order valence-electron chi connectivity index (χ1n) is 11.2. The molecule has 8 nitrogen and oxygen atoms in total. The fraction of sp³-hybridized carbons (Fsp3) is 0.480. The summed E-state index contributed by atoms with van der Waals surface area (Å²) >= 11 is 0. The molecule has 0 aliphatic carbocycles. The number of methoxy groups -OCH3 is 3. The summed E-state index contributed by atoms with van der Waals surface area (Å²) in [5, 5.41) is 14.2. The third kappa shape index (κ3) is 7.00. The molecule has 3 rings (SSSR count). The first-order valence-corrected chi connectivity index (χ1v) is 11.2. The molecule has 1 heterocycles. The van der Waals surface area contributed by atoms with Gasteiger partial charge < -0.3 is 34.3 Å². The molecule has 1 aliphatic heterocycles. The molecule has 0 aromatic heterocycles. The van der Waals surface area contributed by atoms with E-state index in [-0.39, 0.29) is 18.9 Å². The molecule has 2 aromatic carbocycles. The highest BCUT2D eigenvalue weighted by molar-refractivity contribution is 5.76. The molecule has 180 valence electrons. The van der Waals surface area contributed by atoms with E-state index in [1.807, 2.05) is 0 Å². The molecule has 1 saturated heterocycles. The van der Waals surface area contributed by atoms with Crippen LogP contribution in [0.4, 0.5) is 0 Å². The average Bonchev–Trinajstić information content (AvgIpc) is 3.36. The predicted molar refractivity (Wildman–Crippen MR) is 125 cm³/mol. The summed E-state index contributed by atoms with van der Waals surface area (Å²) < 4.78 is 21.5. The normalized spacial score (nSPS) is 15.5. The second-order valence-electron chi connectivity index (χ2n) is 8.01. The van der Waals surface area contributed by atoms with Crippen LogP contribution < -0.4 is 24.3 Å². The van der Waals surface area contributed by atoms with Crippen LogP contribution in [0.15, 0.2) is 42.5 Å². The molecule has 2 atom stereocenters. The van der Waals surface area contributed by atoms with Gasteiger partial charge in [0.2, 0.25) is 5.91 Å². The average molecular weight is 459 g/mol. The fourth-order valence-electron chi connectivity index (χ4n) is 3.95. The van der Waals surface area contributed by atoms with Gasteiger partial charge in [-0.15, -0.1) is 0 Å². The summed E-state index contributed by atoms with van der Waals surface area (Å²) in [4.78, 5) is 15.0. The maximum atomic E-state index is 12.7. The number of hydrogen-bond acceptors (Lipinski definition) is 7. The molecule has 0 unspecified atom stereocenters. The number of ether oxygens (including phenoxy) is 4. The molecular weight excluding hydrogens is 424 g/mol. The lowest BCUT2D eigenvalue weighted by atomic mass is 10.0. The maximum Gasteiger partial charge on any atom is 0.223 e. The minimum absolute atomic E-state index is 0.174. The number of amides is 1. The first-order chi connectivity index (χ1) is 16.0. The quantitative estimate of drug-likeness (QED) is 0.506. The second-order valence-corrected chi connectivity index (χ2v) is 8.01. The van der Waals surface area contributed by atoms with Crippen molar-refractivity contribution in [2.24, 2.45) is 0 Å². The van der Waals surface area contributed by atoms with E-state index in [4.69, 9.17) is 18.9 Å². The Hall–Kier alpha value is -2.97. The maximum absolute atomic E-state index is 12.7. The van der Waals surface area contributed by atoms with Crippen molar-refractivity contribution in [2.75, 3.05) is 47.6 Å². The van der Waals surface area contributed by atoms with Crippen LogP contribution in [0.2, 0.25) is 0 Å². The number of likely N-dealkylation sites (tertiary alicyclic amines) is 1. The van der Waals surface area contributed by atoms with Crippen molar-refractivity contribution in [3.8, 4) is 23.0 Å². The second kappa shape index (κ2) is 12.3. The third-order valence-electron chi connectivity index (χ3n) is 5.79. The summed E-state index contributed by atoms with van der Waals surface area (Å²) in [6.07, 6.45) is 1.55. The van der Waals surface area contributed by atoms with Crippen LogP contribution in [-0.4, -0.2) is 69.5 Å². The van der Waals surface area contributed by atoms with Crippen molar-refractivity contribution in [3.05, 3.63) is 48.0 Å². The number of aliphatic hydroxyl groups is 1. The highest BCUT2D eigenvalue weighted by Gasteiger charge is 2.27. The van der Waals surface area contributed by atoms with Crippen molar-refractivity contribution >= 4 is 5.91 Å². The minimum atomic E-state index is -0.892. The van der Waals surface area contributed by atoms with Gasteiger partial charge in [-0.1, -0.05) is 6.07 Å². The summed E-state index contributed by atoms with van der Waals surface area (Å²) in [5.41, 5.74) is 0.659. The molecule has 2 N–H and O–H groups in total. The van der Waals surface area contributed by atoms with E-state index in [2.05, 4.69) is 10.2 Å². The van der Waals surface area contributed by atoms with Crippen molar-refractivity contribution < 1.29 is 28.8 Å². The van der Waals surface area contributed by atoms with Crippen LogP contribution >= 0.6 is 0 Å². The van der Waals surface area contributed by atoms with Gasteiger partial charge in [0, 0.05) is 6.54 Å². The van der Waals surface area contributed by atoms with Gasteiger partial charge in [-0.05, 0) is 67.9 Å². The Kier molecular flexibility index (Phi) is 9.21. The minimum Gasteiger partial charge on any atom is -0.497 e. The van der Waals surface area contributed by atoms with Crippen LogP contribution in [0.1, 0.15) is 30.9 Å². The number of hydrogen-bond donors (Lipinski definition) is 2. The van der Waals surface area contributed by atoms with E-state index >= 15 is 0 Å². The van der Waals surface area contributed by atoms with E-state index in [9.17, 15) is 9.90 Å². The molecule has 0 bridgehead atoms. The number of aliphatic hydroxyl groups excluding tert-OH is 1. The molecule has 0 spiro atoms. The lowest BCUT2D eigenvalue weighted by molar-refractivity contribution is -0.123. The summed E-state index contributed by atoms with van der Waals surface area (Å²) in [6.45, 7) is 2.73. The molecular formula is C25H34N2O6. The molecule has 8 heteroatoms. The molecule has 33 heavy (non-hydrogen) atoms. The van der Waals surface area contributed by atoms with Crippen LogP contribution in [0.5, 0.6) is 23.0 Å². The van der Waals surface area contributed by atoms with Crippen LogP contribution in [0.3, 0.4) is 0 Å². The number of nitrogens with zero attached hydrogens (tertiary/aromatic N) is 1. The highest BCUT2D eigenvalue weighted by Crippen LogP contribution is 2.31. The van der Waals surface area contributed by atoms with Gasteiger partial charge >= 0.3 is 0 Å². The number of nitrogens with one attached hydrogen (secondary N) is 1. The van der Waals surface area contributed by atoms with Crippen molar-refractivity contribution in [3.63, 3.8) is 0 Å². The smallest absolute Gasteiger partial charge is 0.223 e. The number of rotatable bonds is 12. The van der Waals surface area contributed by atoms with E-state index in [1.54, 1.807) is 63.8 Å². The Morgan fingerprint density at radius 2 is 1.64 bits per heavy atom. The first kappa shape index (κ1) is 24.7. The molecule has 2 aromatic rings. The van der Waals surface area contributed by atoms with Crippen molar-refractivity contribution in [1.29, 1.82) is 0 Å². The number of carbonyl (C=O) groups is 1. The highest BCUT2D eigenvalue weighted by atomic mass is 16.5. The Balaban J connectivity index is 1.62. The zero-order valence-corrected chi connectivity index (χ0v) is 19.6. The molecule has 1 aliphatic rings. The molecule has 0 radical (unpaired) electrons. The lowest BCUT2D eigenvalue weighted by Crippen LogP contribution is -2.47. The van der Waals surface area contributed by atoms with Gasteiger partial charge in [0.1, 0.15) is 17.6 Å². The standard InChI is InChI=1S/C25H34N2O6/c1-30-19-7-9-20(10-8-19)33-15-12-24(28)26-21(17-27-13-4-5-14-27)25(29)18-6-11-22(31-2)23(16-18)32-3/h6-11,16,21,25,29H,4-5,12-15,17H2,1-3H3,(H,26,28)/t21-,25-/m1/s1. The SMILES string of the molecule is COc1ccc(OCCC(=O)N[C@H](CN2CCCC2)[C@H](O)c2ccc(OC)c(OC)c2)cc1. The van der Waals surface area contributed by atoms with Gasteiger partial charge in [-0.25, -0.2) is 0 Å². The topological polar surface area (TPSA) is 89.5 Å². The van der Waals surface area contributed by atoms with E-state index in [0.717, 1.165) is 31.7 Å². The number of benzene rings is 2. The summed E-state index contributed by atoms with van der Waals surface area (Å²) in [5.74, 6) is 2.36. The van der Waals surface area contributed by atoms with Crippen LogP contribution in [-0.2, 0) is 4.79 Å². The largest absolute Gasteiger partial charge is 0.497 e. The van der Waals surface area contributed by atoms with Gasteiger partial charge in [0.05, 0.1) is 40.4 Å². The molecule has 1 fully saturated rings. The van der Waals surface area contributed by atoms with Gasteiger partial charge in [-0.3, -0.25) is 4.79 Å². The monoisotopic (exact) mass is 458 g/mol. The van der Waals surface area contributed by atoms with E-state index < -0.39 is 12.1 Å². The number of carbonyl (C=O) groups excluding carboxylic acids is 1. The van der Waals surface area contributed by atoms with Crippen molar-refractivity contribution in [1.82, 2.24) is 10.2 Å². The fourth-order valence-corrected chi connectivity index (χ4v) is 3.95. The predicted octanol–water partition coefficient (Wildman–Crippen LogP) is 2.80. The Morgan fingerprint density at radius 3 is 2.27 bits per heavy atom. The van der Waals surface area contributed by atoms with E-state index in [0.29, 0.717) is 29.4 Å². The Morgan fingerprint density at radius 1 is 0.970 bits per heavy atom. The molecule has 0 saturated carbocycles. The Bertz CT molecular complexity index is 883. The third-order valence-corrected chi connectivity index (χ3v) is 5.79. The van der Waals surface area contributed by atoms with Gasteiger partial charge in [-0.2, -0.15) is 0 Å². The van der Waals surface area contributed by atoms with Gasteiger partial charge in [0.15, 0.2) is 11.5 Å². The lowest BCUT2D eigenvalue weighted by Gasteiger charge is -2.29. The van der Waals surface area contributed by atoms with E-state index in [1.165, 1.54) is 0 Å². The Labute approximate surface area is 195 Å². The summed E-state index contributed by atoms with van der Waals surface area (Å²) in [7, 11) is 4.73. The zero-order chi connectivity index (χ0) is 23.6. The van der Waals surface area contributed by atoms with Gasteiger partial charge in [0.25, 0.3) is 0 Å². The zero-order valence-electron chi connectivity index (χ0n) is 19.6.